The Balaban J connectivity index is 1.28. The maximum Gasteiger partial charge on any atom is 0.240 e. The average Bonchev–Trinajstić information content (AvgIpc) is 2.86. The quantitative estimate of drug-likeness (QED) is 0.476. The average molecular weight is 484 g/mol. The lowest BCUT2D eigenvalue weighted by Crippen LogP contribution is -2.32. The normalized spacial score (nSPS) is 18.6. The Bertz CT molecular complexity index is 1220. The van der Waals surface area contributed by atoms with E-state index in [4.69, 9.17) is 9.72 Å². The van der Waals surface area contributed by atoms with Crippen LogP contribution in [0.4, 0.5) is 11.8 Å². The summed E-state index contributed by atoms with van der Waals surface area (Å²) in [5.74, 6) is 2.94. The van der Waals surface area contributed by atoms with Crippen LogP contribution in [0.15, 0.2) is 53.4 Å². The zero-order chi connectivity index (χ0) is 24.1. The number of nitrogens with zero attached hydrogens (tertiary/aromatic N) is 3. The number of hydrogen-bond acceptors (Lipinski definition) is 7. The molecule has 4 rings (SSSR count). The number of methoxy groups -OCH3 is 1. The molecule has 0 saturated heterocycles. The van der Waals surface area contributed by atoms with Crippen molar-refractivity contribution in [2.75, 3.05) is 44.5 Å². The first kappa shape index (κ1) is 24.2. The number of aromatic nitrogens is 2. The summed E-state index contributed by atoms with van der Waals surface area (Å²) in [6.07, 6.45) is 4.09. The Morgan fingerprint density at radius 1 is 0.971 bits per heavy atom. The molecular weight excluding hydrogens is 450 g/mol. The lowest BCUT2D eigenvalue weighted by atomic mass is 9.82. The zero-order valence-electron chi connectivity index (χ0n) is 20.0. The Kier molecular flexibility index (Phi) is 7.53. The summed E-state index contributed by atoms with van der Waals surface area (Å²) in [5, 5.41) is 4.47. The largest absolute Gasteiger partial charge is 0.497 e. The van der Waals surface area contributed by atoms with Crippen LogP contribution in [-0.2, 0) is 10.0 Å². The number of para-hydroxylation sites is 1. The molecule has 3 aromatic rings. The van der Waals surface area contributed by atoms with E-state index in [1.165, 1.54) is 7.11 Å². The minimum absolute atomic E-state index is 0.234. The first-order chi connectivity index (χ1) is 16.4. The van der Waals surface area contributed by atoms with Crippen LogP contribution in [0.25, 0.3) is 10.9 Å². The summed E-state index contributed by atoms with van der Waals surface area (Å²) in [7, 11) is 1.96. The molecule has 34 heavy (non-hydrogen) atoms. The van der Waals surface area contributed by atoms with Crippen molar-refractivity contribution in [2.45, 2.75) is 30.6 Å². The van der Waals surface area contributed by atoms with Crippen LogP contribution in [0.1, 0.15) is 25.7 Å². The van der Waals surface area contributed by atoms with Gasteiger partial charge in [0.25, 0.3) is 0 Å². The van der Waals surface area contributed by atoms with Gasteiger partial charge in [-0.2, -0.15) is 4.98 Å². The van der Waals surface area contributed by atoms with Crippen molar-refractivity contribution in [3.05, 3.63) is 48.5 Å². The van der Waals surface area contributed by atoms with Gasteiger partial charge in [-0.05, 0) is 61.8 Å². The monoisotopic (exact) mass is 483 g/mol. The second-order valence-corrected chi connectivity index (χ2v) is 10.8. The molecule has 0 bridgehead atoms. The smallest absolute Gasteiger partial charge is 0.240 e. The van der Waals surface area contributed by atoms with Gasteiger partial charge < -0.3 is 15.0 Å². The molecule has 0 amide bonds. The minimum Gasteiger partial charge on any atom is -0.497 e. The maximum absolute atomic E-state index is 12.6. The number of hydrogen-bond donors (Lipinski definition) is 2. The Hall–Kier alpha value is -2.91. The highest BCUT2D eigenvalue weighted by atomic mass is 32.2. The second kappa shape index (κ2) is 10.6. The third-order valence-corrected chi connectivity index (χ3v) is 7.86. The van der Waals surface area contributed by atoms with Crippen LogP contribution in [0.2, 0.25) is 0 Å². The molecule has 0 aliphatic heterocycles. The number of sulfonamides is 1. The highest BCUT2D eigenvalue weighted by Gasteiger charge is 2.24. The van der Waals surface area contributed by atoms with Crippen molar-refractivity contribution in [3.8, 4) is 5.75 Å². The second-order valence-electron chi connectivity index (χ2n) is 9.08. The number of anilines is 2. The van der Waals surface area contributed by atoms with Gasteiger partial charge in [0.1, 0.15) is 11.6 Å². The lowest BCUT2D eigenvalue weighted by molar-refractivity contribution is 0.284. The third-order valence-electron chi connectivity index (χ3n) is 6.44. The maximum atomic E-state index is 12.6. The summed E-state index contributed by atoms with van der Waals surface area (Å²) in [5.41, 5.74) is 0.927. The van der Waals surface area contributed by atoms with E-state index in [1.807, 2.05) is 43.3 Å². The summed E-state index contributed by atoms with van der Waals surface area (Å²) in [6.45, 7) is 1.27. The molecule has 0 atom stereocenters. The van der Waals surface area contributed by atoms with Crippen molar-refractivity contribution >= 4 is 32.7 Å². The summed E-state index contributed by atoms with van der Waals surface area (Å²) >= 11 is 0. The summed E-state index contributed by atoms with van der Waals surface area (Å²) in [6, 6.07) is 14.6. The van der Waals surface area contributed by atoms with Gasteiger partial charge >= 0.3 is 0 Å². The van der Waals surface area contributed by atoms with Crippen molar-refractivity contribution in [3.63, 3.8) is 0 Å². The van der Waals surface area contributed by atoms with E-state index in [2.05, 4.69) is 15.0 Å². The predicted molar refractivity (Wildman–Crippen MR) is 136 cm³/mol. The van der Waals surface area contributed by atoms with Gasteiger partial charge in [0.15, 0.2) is 0 Å². The molecule has 1 fully saturated rings. The molecule has 2 N–H and O–H groups in total. The van der Waals surface area contributed by atoms with Crippen molar-refractivity contribution in [2.24, 2.45) is 11.8 Å². The van der Waals surface area contributed by atoms with Crippen molar-refractivity contribution in [1.82, 2.24) is 14.7 Å². The molecular formula is C25H33N5O3S. The molecule has 0 unspecified atom stereocenters. The minimum atomic E-state index is -3.54. The number of benzene rings is 2. The Morgan fingerprint density at radius 2 is 1.68 bits per heavy atom. The van der Waals surface area contributed by atoms with Crippen LogP contribution in [0.3, 0.4) is 0 Å². The SMILES string of the molecule is COc1cccc(S(=O)(=O)NCC2CCC(CNc3nc(N(C)C)c4ccccc4n3)CC2)c1. The standard InChI is InChI=1S/C25H33N5O3S/c1-30(2)24-22-9-4-5-10-23(22)28-25(29-24)26-16-18-11-13-19(14-12-18)17-27-34(31,32)21-8-6-7-20(15-21)33-3/h4-10,15,18-19,27H,11-14,16-17H2,1-3H3,(H,26,28,29). The van der Waals surface area contributed by atoms with Crippen molar-refractivity contribution in [1.29, 1.82) is 0 Å². The highest BCUT2D eigenvalue weighted by molar-refractivity contribution is 7.89. The van der Waals surface area contributed by atoms with Crippen LogP contribution >= 0.6 is 0 Å². The van der Waals surface area contributed by atoms with E-state index in [0.29, 0.717) is 30.1 Å². The van der Waals surface area contributed by atoms with E-state index in [9.17, 15) is 8.42 Å². The zero-order valence-corrected chi connectivity index (χ0v) is 20.8. The molecule has 1 aliphatic carbocycles. The number of rotatable bonds is 9. The van der Waals surface area contributed by atoms with E-state index in [-0.39, 0.29) is 4.90 Å². The number of ether oxygens (including phenoxy) is 1. The molecule has 2 aromatic carbocycles. The fraction of sp³-hybridized carbons (Fsp3) is 0.440. The van der Waals surface area contributed by atoms with Crippen LogP contribution in [-0.4, -0.2) is 52.7 Å². The molecule has 8 nitrogen and oxygen atoms in total. The number of fused-ring (bicyclic) bond motifs is 1. The Morgan fingerprint density at radius 3 is 2.38 bits per heavy atom. The van der Waals surface area contributed by atoms with Gasteiger partial charge in [0.2, 0.25) is 16.0 Å². The molecule has 0 radical (unpaired) electrons. The van der Waals surface area contributed by atoms with Gasteiger partial charge in [-0.3, -0.25) is 0 Å². The first-order valence-electron chi connectivity index (χ1n) is 11.7. The number of nitrogens with one attached hydrogen (secondary N) is 2. The summed E-state index contributed by atoms with van der Waals surface area (Å²) in [4.78, 5) is 11.6. The molecule has 0 spiro atoms. The topological polar surface area (TPSA) is 96.5 Å². The predicted octanol–water partition coefficient (Wildman–Crippen LogP) is 3.90. The van der Waals surface area contributed by atoms with Gasteiger partial charge in [-0.15, -0.1) is 0 Å². The molecule has 1 aliphatic rings. The van der Waals surface area contributed by atoms with Crippen LogP contribution in [0.5, 0.6) is 5.75 Å². The van der Waals surface area contributed by atoms with Crippen LogP contribution in [0, 0.1) is 11.8 Å². The fourth-order valence-electron chi connectivity index (χ4n) is 4.43. The summed E-state index contributed by atoms with van der Waals surface area (Å²) < 4.78 is 33.2. The molecule has 1 aromatic heterocycles. The van der Waals surface area contributed by atoms with Crippen molar-refractivity contribution < 1.29 is 13.2 Å². The fourth-order valence-corrected chi connectivity index (χ4v) is 5.59. The lowest BCUT2D eigenvalue weighted by Gasteiger charge is -2.28. The highest BCUT2D eigenvalue weighted by Crippen LogP contribution is 2.30. The molecule has 1 saturated carbocycles. The third kappa shape index (κ3) is 5.77. The van der Waals surface area contributed by atoms with Gasteiger partial charge in [-0.25, -0.2) is 18.1 Å². The van der Waals surface area contributed by atoms with Gasteiger partial charge in [0, 0.05) is 38.6 Å². The molecule has 182 valence electrons. The van der Waals surface area contributed by atoms with E-state index in [1.54, 1.807) is 24.3 Å². The molecule has 1 heterocycles. The van der Waals surface area contributed by atoms with E-state index >= 15 is 0 Å². The van der Waals surface area contributed by atoms with E-state index in [0.717, 1.165) is 48.9 Å². The molecule has 9 heteroatoms. The van der Waals surface area contributed by atoms with Gasteiger partial charge in [0.05, 0.1) is 17.5 Å². The Labute approximate surface area is 201 Å². The van der Waals surface area contributed by atoms with Crippen LogP contribution < -0.4 is 19.7 Å². The van der Waals surface area contributed by atoms with Gasteiger partial charge in [-0.1, -0.05) is 18.2 Å². The van der Waals surface area contributed by atoms with E-state index < -0.39 is 10.0 Å². The first-order valence-corrected chi connectivity index (χ1v) is 13.2.